The molecule has 0 radical (unpaired) electrons. The number of nitrogens with one attached hydrogen (secondary N) is 1. The van der Waals surface area contributed by atoms with Crippen molar-refractivity contribution in [1.82, 2.24) is 5.32 Å². The van der Waals surface area contributed by atoms with Crippen molar-refractivity contribution >= 4 is 17.3 Å². The van der Waals surface area contributed by atoms with E-state index < -0.39 is 10.7 Å². The summed E-state index contributed by atoms with van der Waals surface area (Å²) in [5.74, 6) is -0.733. The molecule has 7 heteroatoms. The van der Waals surface area contributed by atoms with Gasteiger partial charge in [-0.15, -0.1) is 0 Å². The fourth-order valence-corrected chi connectivity index (χ4v) is 2.69. The molecule has 1 aliphatic carbocycles. The van der Waals surface area contributed by atoms with E-state index in [0.29, 0.717) is 13.0 Å². The van der Waals surface area contributed by atoms with Gasteiger partial charge in [-0.05, 0) is 31.7 Å². The lowest BCUT2D eigenvalue weighted by atomic mass is 10.2. The van der Waals surface area contributed by atoms with Gasteiger partial charge in [0.1, 0.15) is 6.04 Å². The summed E-state index contributed by atoms with van der Waals surface area (Å²) in [7, 11) is 0. The summed E-state index contributed by atoms with van der Waals surface area (Å²) in [6.45, 7) is 0.581. The summed E-state index contributed by atoms with van der Waals surface area (Å²) in [5, 5.41) is 13.6. The number of amides is 1. The SMILES string of the molecule is O=C(NC1CC1)[C@H]1CCCN1c1ccc([N+](=O)[O-])cc1F. The number of carbonyl (C=O) groups is 1. The Kier molecular flexibility index (Phi) is 3.48. The van der Waals surface area contributed by atoms with Crippen molar-refractivity contribution in [2.45, 2.75) is 37.8 Å². The number of carbonyl (C=O) groups excluding carboxylic acids is 1. The topological polar surface area (TPSA) is 75.5 Å². The summed E-state index contributed by atoms with van der Waals surface area (Å²) >= 11 is 0. The Morgan fingerprint density at radius 3 is 2.76 bits per heavy atom. The zero-order valence-electron chi connectivity index (χ0n) is 11.4. The zero-order valence-corrected chi connectivity index (χ0v) is 11.4. The van der Waals surface area contributed by atoms with Gasteiger partial charge in [-0.3, -0.25) is 14.9 Å². The molecule has 2 aliphatic rings. The molecule has 21 heavy (non-hydrogen) atoms. The molecule has 112 valence electrons. The molecule has 1 amide bonds. The summed E-state index contributed by atoms with van der Waals surface area (Å²) in [5.41, 5.74) is -0.0246. The molecule has 1 aliphatic heterocycles. The van der Waals surface area contributed by atoms with Crippen LogP contribution in [0.4, 0.5) is 15.8 Å². The van der Waals surface area contributed by atoms with Crippen molar-refractivity contribution in [2.24, 2.45) is 0 Å². The number of nitro groups is 1. The van der Waals surface area contributed by atoms with Crippen LogP contribution in [0, 0.1) is 15.9 Å². The van der Waals surface area contributed by atoms with Crippen molar-refractivity contribution in [3.05, 3.63) is 34.1 Å². The van der Waals surface area contributed by atoms with Crippen molar-refractivity contribution in [3.8, 4) is 0 Å². The van der Waals surface area contributed by atoms with Crippen LogP contribution in [0.5, 0.6) is 0 Å². The number of benzene rings is 1. The van der Waals surface area contributed by atoms with Crippen LogP contribution in [-0.2, 0) is 4.79 Å². The smallest absolute Gasteiger partial charge is 0.272 e. The fraction of sp³-hybridized carbons (Fsp3) is 0.500. The van der Waals surface area contributed by atoms with Crippen molar-refractivity contribution in [2.75, 3.05) is 11.4 Å². The van der Waals surface area contributed by atoms with Crippen LogP contribution >= 0.6 is 0 Å². The highest BCUT2D eigenvalue weighted by molar-refractivity contribution is 5.86. The van der Waals surface area contributed by atoms with E-state index in [1.165, 1.54) is 12.1 Å². The number of rotatable bonds is 4. The van der Waals surface area contributed by atoms with Crippen molar-refractivity contribution in [1.29, 1.82) is 0 Å². The third-order valence-electron chi connectivity index (χ3n) is 3.93. The molecule has 1 heterocycles. The number of anilines is 1. The highest BCUT2D eigenvalue weighted by Crippen LogP contribution is 2.31. The van der Waals surface area contributed by atoms with Gasteiger partial charge in [-0.1, -0.05) is 0 Å². The number of hydrogen-bond acceptors (Lipinski definition) is 4. The van der Waals surface area contributed by atoms with E-state index in [1.54, 1.807) is 4.90 Å². The summed E-state index contributed by atoms with van der Waals surface area (Å²) in [6.07, 6.45) is 3.49. The van der Waals surface area contributed by atoms with E-state index in [-0.39, 0.29) is 29.4 Å². The number of halogens is 1. The standard InChI is InChI=1S/C14H16FN3O3/c15-11-8-10(18(20)21)5-6-12(11)17-7-1-2-13(17)14(19)16-9-3-4-9/h5-6,8-9,13H,1-4,7H2,(H,16,19)/t13-/m1/s1. The van der Waals surface area contributed by atoms with Crippen molar-refractivity contribution < 1.29 is 14.1 Å². The first-order valence-corrected chi connectivity index (χ1v) is 7.07. The summed E-state index contributed by atoms with van der Waals surface area (Å²) < 4.78 is 14.1. The highest BCUT2D eigenvalue weighted by Gasteiger charge is 2.35. The van der Waals surface area contributed by atoms with Crippen LogP contribution in [0.15, 0.2) is 18.2 Å². The normalized spacial score (nSPS) is 21.4. The maximum Gasteiger partial charge on any atom is 0.272 e. The number of hydrogen-bond donors (Lipinski definition) is 1. The van der Waals surface area contributed by atoms with Crippen molar-refractivity contribution in [3.63, 3.8) is 0 Å². The molecule has 6 nitrogen and oxygen atoms in total. The molecule has 0 unspecified atom stereocenters. The van der Waals surface area contributed by atoms with Gasteiger partial charge in [0.2, 0.25) is 5.91 Å². The Morgan fingerprint density at radius 2 is 2.14 bits per heavy atom. The minimum Gasteiger partial charge on any atom is -0.357 e. The molecule has 0 bridgehead atoms. The first-order valence-electron chi connectivity index (χ1n) is 7.07. The van der Waals surface area contributed by atoms with Gasteiger partial charge in [-0.2, -0.15) is 0 Å². The average Bonchev–Trinajstić information content (AvgIpc) is 3.12. The Labute approximate surface area is 121 Å². The van der Waals surface area contributed by atoms with Gasteiger partial charge in [0.25, 0.3) is 5.69 Å². The molecule has 1 saturated carbocycles. The predicted molar refractivity (Wildman–Crippen MR) is 74.6 cm³/mol. The molecular weight excluding hydrogens is 277 g/mol. The third kappa shape index (κ3) is 2.81. The molecule has 1 atom stereocenters. The lowest BCUT2D eigenvalue weighted by Gasteiger charge is -2.26. The van der Waals surface area contributed by atoms with Crippen LogP contribution in [-0.4, -0.2) is 29.5 Å². The first kappa shape index (κ1) is 13.8. The van der Waals surface area contributed by atoms with Gasteiger partial charge < -0.3 is 10.2 Å². The van der Waals surface area contributed by atoms with Gasteiger partial charge >= 0.3 is 0 Å². The predicted octanol–water partition coefficient (Wildman–Crippen LogP) is 1.98. The highest BCUT2D eigenvalue weighted by atomic mass is 19.1. The maximum absolute atomic E-state index is 14.1. The summed E-state index contributed by atoms with van der Waals surface area (Å²) in [4.78, 5) is 23.9. The second-order valence-corrected chi connectivity index (χ2v) is 5.53. The fourth-order valence-electron chi connectivity index (χ4n) is 2.69. The maximum atomic E-state index is 14.1. The van der Waals surface area contributed by atoms with Gasteiger partial charge in [0.15, 0.2) is 5.82 Å². The van der Waals surface area contributed by atoms with Gasteiger partial charge in [-0.25, -0.2) is 4.39 Å². The van der Waals surface area contributed by atoms with E-state index >= 15 is 0 Å². The molecule has 1 N–H and O–H groups in total. The van der Waals surface area contributed by atoms with Crippen LogP contribution < -0.4 is 10.2 Å². The van der Waals surface area contributed by atoms with Crippen LogP contribution in [0.25, 0.3) is 0 Å². The minimum absolute atomic E-state index is 0.0762. The molecule has 3 rings (SSSR count). The Hall–Kier alpha value is -2.18. The Balaban J connectivity index is 1.80. The summed E-state index contributed by atoms with van der Waals surface area (Å²) in [6, 6.07) is 3.44. The molecule has 1 aromatic rings. The van der Waals surface area contributed by atoms with Gasteiger partial charge in [0, 0.05) is 18.7 Å². The van der Waals surface area contributed by atoms with Crippen LogP contribution in [0.3, 0.4) is 0 Å². The van der Waals surface area contributed by atoms with Crippen LogP contribution in [0.1, 0.15) is 25.7 Å². The molecule has 0 aromatic heterocycles. The molecule has 2 fully saturated rings. The molecular formula is C14H16FN3O3. The largest absolute Gasteiger partial charge is 0.357 e. The Bertz CT molecular complexity index is 589. The number of nitrogens with zero attached hydrogens (tertiary/aromatic N) is 2. The minimum atomic E-state index is -0.657. The zero-order chi connectivity index (χ0) is 15.0. The van der Waals surface area contributed by atoms with Gasteiger partial charge in [0.05, 0.1) is 16.7 Å². The first-order chi connectivity index (χ1) is 10.1. The molecule has 0 spiro atoms. The van der Waals surface area contributed by atoms with E-state index in [2.05, 4.69) is 5.32 Å². The third-order valence-corrected chi connectivity index (χ3v) is 3.93. The quantitative estimate of drug-likeness (QED) is 0.680. The van der Waals surface area contributed by atoms with E-state index in [4.69, 9.17) is 0 Å². The molecule has 1 saturated heterocycles. The lowest BCUT2D eigenvalue weighted by molar-refractivity contribution is -0.385. The van der Waals surface area contributed by atoms with E-state index in [1.807, 2.05) is 0 Å². The average molecular weight is 293 g/mol. The second kappa shape index (κ2) is 5.31. The molecule has 1 aromatic carbocycles. The van der Waals surface area contributed by atoms with Crippen LogP contribution in [0.2, 0.25) is 0 Å². The number of nitro benzene ring substituents is 1. The second-order valence-electron chi connectivity index (χ2n) is 5.53. The van der Waals surface area contributed by atoms with E-state index in [9.17, 15) is 19.3 Å². The monoisotopic (exact) mass is 293 g/mol. The Morgan fingerprint density at radius 1 is 1.38 bits per heavy atom. The lowest BCUT2D eigenvalue weighted by Crippen LogP contribution is -2.44. The van der Waals surface area contributed by atoms with E-state index in [0.717, 1.165) is 25.3 Å². The number of non-ortho nitro benzene ring substituents is 1.